The van der Waals surface area contributed by atoms with Gasteiger partial charge in [0.2, 0.25) is 5.91 Å². The van der Waals surface area contributed by atoms with Crippen molar-refractivity contribution >= 4 is 56.9 Å². The lowest BCUT2D eigenvalue weighted by atomic mass is 10.2. The van der Waals surface area contributed by atoms with E-state index in [0.717, 1.165) is 27.0 Å². The predicted octanol–water partition coefficient (Wildman–Crippen LogP) is 5.60. The number of amides is 1. The van der Waals surface area contributed by atoms with Crippen molar-refractivity contribution < 1.29 is 22.7 Å². The molecule has 0 aliphatic rings. The first-order chi connectivity index (χ1) is 15.2. The molecule has 3 aromatic rings. The minimum Gasteiger partial charge on any atom is -0.493 e. The summed E-state index contributed by atoms with van der Waals surface area (Å²) in [6.45, 7) is 2.49. The van der Waals surface area contributed by atoms with Crippen LogP contribution in [0.3, 0.4) is 0 Å². The normalized spacial score (nSPS) is 11.5. The molecule has 32 heavy (non-hydrogen) atoms. The quantitative estimate of drug-likeness (QED) is 0.209. The minimum atomic E-state index is -4.42. The smallest absolute Gasteiger partial charge is 0.416 e. The molecule has 11 heteroatoms. The van der Waals surface area contributed by atoms with E-state index in [9.17, 15) is 18.0 Å². The number of hydrogen-bond acceptors (Lipinski definition) is 6. The van der Waals surface area contributed by atoms with Gasteiger partial charge in [-0.15, -0.1) is 11.3 Å². The maximum absolute atomic E-state index is 12.8. The summed E-state index contributed by atoms with van der Waals surface area (Å²) in [5, 5.41) is 8.82. The standard InChI is InChI=1S/C21H18F3IN4O2S/c1-2-31-18-7-6-13(8-17(18)25)11-26-29-19(30)10-16-12-32-20(28-16)27-15-5-3-4-14(9-15)21(22,23)24/h3-9,11-12H,2,10H2,1H3,(H,27,28)(H,29,30)/b26-11-. The second-order valence-electron chi connectivity index (χ2n) is 6.44. The van der Waals surface area contributed by atoms with Crippen LogP contribution in [0, 0.1) is 3.57 Å². The zero-order valence-electron chi connectivity index (χ0n) is 16.7. The molecule has 0 aliphatic carbocycles. The number of alkyl halides is 3. The summed E-state index contributed by atoms with van der Waals surface area (Å²) in [7, 11) is 0. The Balaban J connectivity index is 1.54. The Kier molecular flexibility index (Phi) is 8.07. The van der Waals surface area contributed by atoms with E-state index in [4.69, 9.17) is 4.74 Å². The number of thiazole rings is 1. The van der Waals surface area contributed by atoms with Gasteiger partial charge in [0.1, 0.15) is 5.75 Å². The van der Waals surface area contributed by atoms with Gasteiger partial charge in [-0.2, -0.15) is 18.3 Å². The molecule has 168 valence electrons. The van der Waals surface area contributed by atoms with Crippen molar-refractivity contribution in [3.63, 3.8) is 0 Å². The molecule has 0 unspecified atom stereocenters. The molecule has 1 amide bonds. The van der Waals surface area contributed by atoms with Crippen LogP contribution in [0.2, 0.25) is 0 Å². The van der Waals surface area contributed by atoms with Crippen molar-refractivity contribution in [2.24, 2.45) is 5.10 Å². The summed E-state index contributed by atoms with van der Waals surface area (Å²) >= 11 is 3.36. The first-order valence-corrected chi connectivity index (χ1v) is 11.3. The van der Waals surface area contributed by atoms with Crippen LogP contribution in [0.4, 0.5) is 24.0 Å². The average molecular weight is 574 g/mol. The molecule has 2 aromatic carbocycles. The van der Waals surface area contributed by atoms with Gasteiger partial charge >= 0.3 is 6.18 Å². The fourth-order valence-electron chi connectivity index (χ4n) is 2.60. The largest absolute Gasteiger partial charge is 0.493 e. The van der Waals surface area contributed by atoms with Crippen LogP contribution < -0.4 is 15.5 Å². The van der Waals surface area contributed by atoms with Crippen molar-refractivity contribution in [2.45, 2.75) is 19.5 Å². The Morgan fingerprint density at radius 3 is 2.81 bits per heavy atom. The van der Waals surface area contributed by atoms with E-state index in [1.165, 1.54) is 29.7 Å². The highest BCUT2D eigenvalue weighted by molar-refractivity contribution is 14.1. The van der Waals surface area contributed by atoms with E-state index in [1.807, 2.05) is 25.1 Å². The second-order valence-corrected chi connectivity index (χ2v) is 8.46. The van der Waals surface area contributed by atoms with Crippen LogP contribution in [-0.2, 0) is 17.4 Å². The van der Waals surface area contributed by atoms with Gasteiger partial charge in [0.05, 0.1) is 34.1 Å². The molecule has 0 atom stereocenters. The first kappa shape index (κ1) is 24.0. The number of hydrogen-bond donors (Lipinski definition) is 2. The maximum atomic E-state index is 12.8. The van der Waals surface area contributed by atoms with E-state index < -0.39 is 11.7 Å². The molecule has 0 aliphatic heterocycles. The number of carbonyl (C=O) groups excluding carboxylic acids is 1. The molecule has 0 radical (unpaired) electrons. The molecule has 6 nitrogen and oxygen atoms in total. The number of nitrogens with one attached hydrogen (secondary N) is 2. The van der Waals surface area contributed by atoms with Gasteiger partial charge in [0.25, 0.3) is 0 Å². The lowest BCUT2D eigenvalue weighted by Crippen LogP contribution is -2.19. The Morgan fingerprint density at radius 1 is 1.28 bits per heavy atom. The van der Waals surface area contributed by atoms with Crippen LogP contribution in [0.5, 0.6) is 5.75 Å². The molecular weight excluding hydrogens is 556 g/mol. The summed E-state index contributed by atoms with van der Waals surface area (Å²) in [6.07, 6.45) is -2.91. The van der Waals surface area contributed by atoms with Crippen LogP contribution in [-0.4, -0.2) is 23.7 Å². The highest BCUT2D eigenvalue weighted by atomic mass is 127. The molecule has 2 N–H and O–H groups in total. The summed E-state index contributed by atoms with van der Waals surface area (Å²) < 4.78 is 44.9. The number of aromatic nitrogens is 1. The monoisotopic (exact) mass is 574 g/mol. The Labute approximate surface area is 200 Å². The van der Waals surface area contributed by atoms with Crippen LogP contribution >= 0.6 is 33.9 Å². The highest BCUT2D eigenvalue weighted by Gasteiger charge is 2.30. The Bertz CT molecular complexity index is 1120. The topological polar surface area (TPSA) is 75.6 Å². The zero-order chi connectivity index (χ0) is 23.1. The van der Waals surface area contributed by atoms with Crippen molar-refractivity contribution in [2.75, 3.05) is 11.9 Å². The molecular formula is C21H18F3IN4O2S. The number of carbonyl (C=O) groups is 1. The first-order valence-electron chi connectivity index (χ1n) is 9.37. The molecule has 1 heterocycles. The number of nitrogens with zero attached hydrogens (tertiary/aromatic N) is 2. The number of anilines is 2. The molecule has 3 rings (SSSR count). The third-order valence-corrected chi connectivity index (χ3v) is 5.64. The lowest BCUT2D eigenvalue weighted by Gasteiger charge is -2.08. The van der Waals surface area contributed by atoms with E-state index in [0.29, 0.717) is 17.4 Å². The summed E-state index contributed by atoms with van der Waals surface area (Å²) in [6, 6.07) is 10.4. The third-order valence-electron chi connectivity index (χ3n) is 3.99. The predicted molar refractivity (Wildman–Crippen MR) is 127 cm³/mol. The van der Waals surface area contributed by atoms with Gasteiger partial charge < -0.3 is 10.1 Å². The molecule has 0 saturated carbocycles. The zero-order valence-corrected chi connectivity index (χ0v) is 19.7. The van der Waals surface area contributed by atoms with E-state index >= 15 is 0 Å². The fraction of sp³-hybridized carbons (Fsp3) is 0.190. The second kappa shape index (κ2) is 10.8. The van der Waals surface area contributed by atoms with Gasteiger partial charge in [-0.25, -0.2) is 10.4 Å². The molecule has 0 bridgehead atoms. The van der Waals surface area contributed by atoms with Crippen LogP contribution in [0.25, 0.3) is 0 Å². The molecule has 1 aromatic heterocycles. The van der Waals surface area contributed by atoms with E-state index in [-0.39, 0.29) is 18.0 Å². The fourth-order valence-corrected chi connectivity index (χ4v) is 4.02. The number of benzene rings is 2. The van der Waals surface area contributed by atoms with Gasteiger partial charge in [-0.1, -0.05) is 6.07 Å². The maximum Gasteiger partial charge on any atom is 0.416 e. The van der Waals surface area contributed by atoms with Crippen LogP contribution in [0.15, 0.2) is 52.9 Å². The van der Waals surface area contributed by atoms with E-state index in [1.54, 1.807) is 5.38 Å². The SMILES string of the molecule is CCOc1ccc(/C=N\NC(=O)Cc2csc(Nc3cccc(C(F)(F)F)c3)n2)cc1I. The number of hydrazone groups is 1. The van der Waals surface area contributed by atoms with Gasteiger partial charge in [0.15, 0.2) is 5.13 Å². The Morgan fingerprint density at radius 2 is 2.09 bits per heavy atom. The summed E-state index contributed by atoms with van der Waals surface area (Å²) in [5.41, 5.74) is 3.23. The Hall–Kier alpha value is -2.67. The lowest BCUT2D eigenvalue weighted by molar-refractivity contribution is -0.137. The van der Waals surface area contributed by atoms with Crippen molar-refractivity contribution in [3.8, 4) is 5.75 Å². The highest BCUT2D eigenvalue weighted by Crippen LogP contribution is 2.31. The number of ether oxygens (including phenoxy) is 1. The molecule has 0 fully saturated rings. The summed E-state index contributed by atoms with van der Waals surface area (Å²) in [5.74, 6) is 0.421. The van der Waals surface area contributed by atoms with Gasteiger partial charge in [-0.3, -0.25) is 4.79 Å². The van der Waals surface area contributed by atoms with Gasteiger partial charge in [-0.05, 0) is 71.5 Å². The molecule has 0 saturated heterocycles. The van der Waals surface area contributed by atoms with Gasteiger partial charge in [0, 0.05) is 11.1 Å². The van der Waals surface area contributed by atoms with Crippen molar-refractivity contribution in [1.29, 1.82) is 0 Å². The minimum absolute atomic E-state index is 0.0150. The molecule has 0 spiro atoms. The average Bonchev–Trinajstić information content (AvgIpc) is 3.16. The number of rotatable bonds is 8. The third kappa shape index (κ3) is 6.92. The van der Waals surface area contributed by atoms with Crippen molar-refractivity contribution in [3.05, 3.63) is 68.2 Å². The summed E-state index contributed by atoms with van der Waals surface area (Å²) in [4.78, 5) is 16.3. The van der Waals surface area contributed by atoms with E-state index in [2.05, 4.69) is 43.4 Å². The number of halogens is 4. The van der Waals surface area contributed by atoms with Crippen LogP contribution in [0.1, 0.15) is 23.7 Å². The van der Waals surface area contributed by atoms with Crippen molar-refractivity contribution in [1.82, 2.24) is 10.4 Å².